The average molecular weight is 433 g/mol. The van der Waals surface area contributed by atoms with Crippen LogP contribution in [-0.2, 0) is 19.9 Å². The summed E-state index contributed by atoms with van der Waals surface area (Å²) in [6.45, 7) is 2.73. The molecule has 0 radical (unpaired) electrons. The third-order valence-electron chi connectivity index (χ3n) is 6.14. The maximum atomic E-state index is 13.7. The third-order valence-corrected chi connectivity index (χ3v) is 6.14. The highest BCUT2D eigenvalue weighted by atomic mass is 16.6. The van der Waals surface area contributed by atoms with E-state index in [4.69, 9.17) is 4.74 Å². The van der Waals surface area contributed by atoms with Crippen LogP contribution in [0.4, 0.5) is 5.69 Å². The van der Waals surface area contributed by atoms with Crippen molar-refractivity contribution >= 4 is 23.2 Å². The first kappa shape index (κ1) is 21.8. The fourth-order valence-electron chi connectivity index (χ4n) is 4.58. The molecular weight excluding hydrogens is 404 g/mol. The van der Waals surface area contributed by atoms with Crippen LogP contribution in [0.1, 0.15) is 42.1 Å². The second kappa shape index (κ2) is 8.61. The lowest BCUT2D eigenvalue weighted by Crippen LogP contribution is -2.58. The van der Waals surface area contributed by atoms with E-state index in [1.807, 2.05) is 49.3 Å². The van der Waals surface area contributed by atoms with E-state index < -0.39 is 17.4 Å². The number of ether oxygens (including phenoxy) is 1. The molecule has 4 rings (SSSR count). The Morgan fingerprint density at radius 1 is 0.938 bits per heavy atom. The summed E-state index contributed by atoms with van der Waals surface area (Å²) < 4.78 is 5.80. The molecule has 6 nitrogen and oxygen atoms in total. The second-order valence-electron chi connectivity index (χ2n) is 8.51. The number of rotatable bonds is 6. The van der Waals surface area contributed by atoms with E-state index in [0.717, 1.165) is 24.9 Å². The van der Waals surface area contributed by atoms with Gasteiger partial charge in [0.1, 0.15) is 0 Å². The van der Waals surface area contributed by atoms with Crippen molar-refractivity contribution in [1.29, 1.82) is 0 Å². The highest BCUT2D eigenvalue weighted by molar-refractivity contribution is 6.34. The minimum Gasteiger partial charge on any atom is -0.439 e. The number of carbonyl (C=O) groups excluding carboxylic acids is 3. The van der Waals surface area contributed by atoms with Gasteiger partial charge < -0.3 is 14.5 Å². The van der Waals surface area contributed by atoms with Gasteiger partial charge in [0.15, 0.2) is 5.78 Å². The van der Waals surface area contributed by atoms with E-state index in [2.05, 4.69) is 4.90 Å². The fraction of sp³-hybridized carbons (Fsp3) is 0.346. The Kier molecular flexibility index (Phi) is 5.87. The number of likely N-dealkylation sites (tertiary alicyclic amines) is 1. The van der Waals surface area contributed by atoms with Crippen LogP contribution in [0.2, 0.25) is 0 Å². The van der Waals surface area contributed by atoms with E-state index in [-0.39, 0.29) is 11.4 Å². The number of carbonyl (C=O) groups is 3. The highest BCUT2D eigenvalue weighted by Crippen LogP contribution is 2.50. The van der Waals surface area contributed by atoms with Crippen LogP contribution < -0.4 is 4.90 Å². The van der Waals surface area contributed by atoms with Crippen LogP contribution in [-0.4, -0.2) is 49.6 Å². The number of Topliss-reactive ketones (excluding diaryl/α,β-unsaturated/α-hetero) is 2. The van der Waals surface area contributed by atoms with Crippen LogP contribution >= 0.6 is 0 Å². The largest absolute Gasteiger partial charge is 0.439 e. The summed E-state index contributed by atoms with van der Waals surface area (Å²) >= 11 is 0. The zero-order chi connectivity index (χ0) is 22.9. The van der Waals surface area contributed by atoms with Crippen molar-refractivity contribution in [3.8, 4) is 0 Å². The van der Waals surface area contributed by atoms with Gasteiger partial charge in [0.25, 0.3) is 0 Å². The normalized spacial score (nSPS) is 20.6. The Bertz CT molecular complexity index is 1070. The molecule has 1 atom stereocenters. The number of nitrogens with zero attached hydrogens (tertiary/aromatic N) is 2. The molecule has 1 fully saturated rings. The lowest BCUT2D eigenvalue weighted by atomic mass is 9.68. The second-order valence-corrected chi connectivity index (χ2v) is 8.51. The molecule has 166 valence electrons. The van der Waals surface area contributed by atoms with Gasteiger partial charge >= 0.3 is 5.97 Å². The molecule has 2 aromatic rings. The molecule has 1 aliphatic carbocycles. The van der Waals surface area contributed by atoms with Crippen molar-refractivity contribution in [3.05, 3.63) is 77.0 Å². The maximum absolute atomic E-state index is 13.7. The van der Waals surface area contributed by atoms with Gasteiger partial charge in [-0.2, -0.15) is 0 Å². The van der Waals surface area contributed by atoms with Crippen molar-refractivity contribution in [1.82, 2.24) is 4.90 Å². The van der Waals surface area contributed by atoms with Gasteiger partial charge in [0.2, 0.25) is 11.4 Å². The Balaban J connectivity index is 1.89. The summed E-state index contributed by atoms with van der Waals surface area (Å²) in [5.41, 5.74) is 1.02. The van der Waals surface area contributed by atoms with E-state index >= 15 is 0 Å². The summed E-state index contributed by atoms with van der Waals surface area (Å²) in [5, 5.41) is 0. The lowest BCUT2D eigenvalue weighted by Gasteiger charge is -2.48. The van der Waals surface area contributed by atoms with Crippen molar-refractivity contribution in [3.63, 3.8) is 0 Å². The van der Waals surface area contributed by atoms with Crippen molar-refractivity contribution < 1.29 is 19.1 Å². The molecule has 1 unspecified atom stereocenters. The van der Waals surface area contributed by atoms with Gasteiger partial charge in [0, 0.05) is 50.9 Å². The van der Waals surface area contributed by atoms with Gasteiger partial charge in [-0.05, 0) is 31.4 Å². The summed E-state index contributed by atoms with van der Waals surface area (Å²) in [6, 6.07) is 16.2. The molecule has 1 heterocycles. The molecule has 0 aromatic heterocycles. The molecule has 0 amide bonds. The molecule has 0 bridgehead atoms. The minimum atomic E-state index is -1.59. The zero-order valence-electron chi connectivity index (χ0n) is 18.8. The Hall–Kier alpha value is -3.41. The van der Waals surface area contributed by atoms with Gasteiger partial charge in [0.05, 0.1) is 11.3 Å². The van der Waals surface area contributed by atoms with Crippen LogP contribution in [0.5, 0.6) is 0 Å². The predicted molar refractivity (Wildman–Crippen MR) is 122 cm³/mol. The molecule has 0 N–H and O–H groups in total. The topological polar surface area (TPSA) is 66.9 Å². The van der Waals surface area contributed by atoms with Gasteiger partial charge in [-0.1, -0.05) is 42.5 Å². The van der Waals surface area contributed by atoms with E-state index in [1.165, 1.54) is 6.92 Å². The van der Waals surface area contributed by atoms with Crippen molar-refractivity contribution in [2.45, 2.75) is 31.8 Å². The SMILES string of the molecule is CC(=O)OC1(c2ccc(N(C)C)cc2)C(=O)C(C(=O)c2ccccc2)=C1N1CCCCC1. The first-order valence-electron chi connectivity index (χ1n) is 11.0. The molecule has 1 saturated heterocycles. The Labute approximate surface area is 188 Å². The van der Waals surface area contributed by atoms with Crippen LogP contribution in [0.15, 0.2) is 65.9 Å². The van der Waals surface area contributed by atoms with Crippen LogP contribution in [0, 0.1) is 0 Å². The molecular formula is C26H28N2O4. The predicted octanol–water partition coefficient (Wildman–Crippen LogP) is 3.72. The third kappa shape index (κ3) is 3.60. The van der Waals surface area contributed by atoms with E-state index in [0.29, 0.717) is 29.9 Å². The fourth-order valence-corrected chi connectivity index (χ4v) is 4.58. The summed E-state index contributed by atoms with van der Waals surface area (Å²) in [4.78, 5) is 43.3. The van der Waals surface area contributed by atoms with Gasteiger partial charge in [-0.25, -0.2) is 0 Å². The summed E-state index contributed by atoms with van der Waals surface area (Å²) in [7, 11) is 3.86. The molecule has 0 saturated carbocycles. The number of esters is 1. The summed E-state index contributed by atoms with van der Waals surface area (Å²) in [5.74, 6) is -1.35. The highest BCUT2D eigenvalue weighted by Gasteiger charge is 2.62. The molecule has 1 aliphatic heterocycles. The standard InChI is InChI=1S/C26H28N2O4/c1-18(29)32-26(20-12-14-21(15-13-20)27(2)3)24(28-16-8-5-9-17-28)22(25(26)31)23(30)19-10-6-4-7-11-19/h4,6-7,10-15H,5,8-9,16-17H2,1-3H3. The lowest BCUT2D eigenvalue weighted by molar-refractivity contribution is -0.167. The number of hydrogen-bond donors (Lipinski definition) is 0. The first-order chi connectivity index (χ1) is 15.4. The quantitative estimate of drug-likeness (QED) is 0.394. The van der Waals surface area contributed by atoms with Crippen molar-refractivity contribution in [2.24, 2.45) is 0 Å². The van der Waals surface area contributed by atoms with Crippen LogP contribution in [0.3, 0.4) is 0 Å². The molecule has 2 aromatic carbocycles. The monoisotopic (exact) mass is 432 g/mol. The number of benzene rings is 2. The average Bonchev–Trinajstić information content (AvgIpc) is 2.81. The number of ketones is 2. The Morgan fingerprint density at radius 2 is 1.56 bits per heavy atom. The Morgan fingerprint density at radius 3 is 2.12 bits per heavy atom. The zero-order valence-corrected chi connectivity index (χ0v) is 18.8. The maximum Gasteiger partial charge on any atom is 0.304 e. The van der Waals surface area contributed by atoms with Crippen LogP contribution in [0.25, 0.3) is 0 Å². The number of hydrogen-bond acceptors (Lipinski definition) is 6. The molecule has 6 heteroatoms. The van der Waals surface area contributed by atoms with E-state index in [1.54, 1.807) is 24.3 Å². The van der Waals surface area contributed by atoms with Gasteiger partial charge in [-0.15, -0.1) is 0 Å². The van der Waals surface area contributed by atoms with E-state index in [9.17, 15) is 14.4 Å². The smallest absolute Gasteiger partial charge is 0.304 e. The molecule has 32 heavy (non-hydrogen) atoms. The molecule has 2 aliphatic rings. The minimum absolute atomic E-state index is 0.121. The first-order valence-corrected chi connectivity index (χ1v) is 11.0. The van der Waals surface area contributed by atoms with Crippen molar-refractivity contribution in [2.75, 3.05) is 32.1 Å². The molecule has 0 spiro atoms. The van der Waals surface area contributed by atoms with Gasteiger partial charge in [-0.3, -0.25) is 14.4 Å². The summed E-state index contributed by atoms with van der Waals surface area (Å²) in [6.07, 6.45) is 3.01. The number of piperidine rings is 1. The number of anilines is 1.